The van der Waals surface area contributed by atoms with Gasteiger partial charge in [0.25, 0.3) is 0 Å². The van der Waals surface area contributed by atoms with Gasteiger partial charge in [-0.1, -0.05) is 12.1 Å². The van der Waals surface area contributed by atoms with Gasteiger partial charge < -0.3 is 19.9 Å². The van der Waals surface area contributed by atoms with Crippen molar-refractivity contribution >= 4 is 35.8 Å². The smallest absolute Gasteiger partial charge is 0.236 e. The molecule has 1 aromatic carbocycles. The molecule has 0 bridgehead atoms. The van der Waals surface area contributed by atoms with Gasteiger partial charge in [-0.15, -0.1) is 24.0 Å². The molecule has 2 saturated heterocycles. The van der Waals surface area contributed by atoms with Crippen LogP contribution in [-0.2, 0) is 14.9 Å². The quantitative estimate of drug-likeness (QED) is 0.328. The molecule has 32 heavy (non-hydrogen) atoms. The van der Waals surface area contributed by atoms with Gasteiger partial charge in [-0.2, -0.15) is 0 Å². The molecule has 7 nitrogen and oxygen atoms in total. The summed E-state index contributed by atoms with van der Waals surface area (Å²) in [5.74, 6) is 0.940. The molecule has 2 aliphatic heterocycles. The molecule has 3 aliphatic rings. The van der Waals surface area contributed by atoms with Crippen LogP contribution < -0.4 is 5.32 Å². The number of amides is 1. The third kappa shape index (κ3) is 6.32. The Kier molecular flexibility index (Phi) is 9.13. The summed E-state index contributed by atoms with van der Waals surface area (Å²) < 4.78 is 19.0. The number of guanidine groups is 1. The van der Waals surface area contributed by atoms with Gasteiger partial charge in [0, 0.05) is 51.2 Å². The van der Waals surface area contributed by atoms with E-state index in [1.54, 1.807) is 12.1 Å². The molecule has 1 saturated carbocycles. The third-order valence-electron chi connectivity index (χ3n) is 6.55. The normalized spacial score (nSPS) is 21.1. The van der Waals surface area contributed by atoms with Crippen molar-refractivity contribution in [3.05, 3.63) is 35.6 Å². The molecular formula is C23H35FIN5O2. The Morgan fingerprint density at radius 1 is 1.12 bits per heavy atom. The SMILES string of the molecule is CCNC(=NCC1(c2cccc(F)c2)CC1)N1CCN(CC(=O)N2CCOCC2)CC1.I. The van der Waals surface area contributed by atoms with Crippen LogP contribution in [-0.4, -0.2) is 98.7 Å². The number of ether oxygens (including phenoxy) is 1. The van der Waals surface area contributed by atoms with Crippen LogP contribution in [0, 0.1) is 5.82 Å². The predicted molar refractivity (Wildman–Crippen MR) is 134 cm³/mol. The van der Waals surface area contributed by atoms with Gasteiger partial charge in [0.15, 0.2) is 5.96 Å². The van der Waals surface area contributed by atoms with E-state index in [1.165, 1.54) is 6.07 Å². The number of nitrogens with zero attached hydrogens (tertiary/aromatic N) is 4. The van der Waals surface area contributed by atoms with E-state index in [0.29, 0.717) is 39.4 Å². The van der Waals surface area contributed by atoms with Crippen molar-refractivity contribution in [3.8, 4) is 0 Å². The minimum Gasteiger partial charge on any atom is -0.378 e. The van der Waals surface area contributed by atoms with E-state index in [-0.39, 0.29) is 41.1 Å². The lowest BCUT2D eigenvalue weighted by molar-refractivity contribution is -0.136. The lowest BCUT2D eigenvalue weighted by Crippen LogP contribution is -2.55. The maximum Gasteiger partial charge on any atom is 0.236 e. The Bertz CT molecular complexity index is 790. The number of nitrogens with one attached hydrogen (secondary N) is 1. The summed E-state index contributed by atoms with van der Waals surface area (Å²) >= 11 is 0. The number of hydrogen-bond donors (Lipinski definition) is 1. The van der Waals surface area contributed by atoms with Gasteiger partial charge >= 0.3 is 0 Å². The molecule has 178 valence electrons. The Balaban J connectivity index is 0.00000289. The summed E-state index contributed by atoms with van der Waals surface area (Å²) in [7, 11) is 0. The fraction of sp³-hybridized carbons (Fsp3) is 0.652. The second kappa shape index (κ2) is 11.6. The number of benzene rings is 1. The van der Waals surface area contributed by atoms with Gasteiger partial charge in [-0.25, -0.2) is 4.39 Å². The van der Waals surface area contributed by atoms with Crippen LogP contribution in [0.5, 0.6) is 0 Å². The lowest BCUT2D eigenvalue weighted by Gasteiger charge is -2.37. The minimum absolute atomic E-state index is 0. The van der Waals surface area contributed by atoms with Crippen LogP contribution >= 0.6 is 24.0 Å². The summed E-state index contributed by atoms with van der Waals surface area (Å²) in [4.78, 5) is 23.9. The highest BCUT2D eigenvalue weighted by Crippen LogP contribution is 2.48. The minimum atomic E-state index is -0.178. The van der Waals surface area contributed by atoms with Crippen LogP contribution in [0.4, 0.5) is 4.39 Å². The monoisotopic (exact) mass is 559 g/mol. The second-order valence-electron chi connectivity index (χ2n) is 8.72. The Morgan fingerprint density at radius 3 is 2.47 bits per heavy atom. The molecule has 9 heteroatoms. The van der Waals surface area contributed by atoms with Crippen LogP contribution in [0.3, 0.4) is 0 Å². The fourth-order valence-corrected chi connectivity index (χ4v) is 4.38. The molecule has 0 aromatic heterocycles. The van der Waals surface area contributed by atoms with Crippen molar-refractivity contribution in [1.82, 2.24) is 20.0 Å². The molecule has 0 unspecified atom stereocenters. The molecular weight excluding hydrogens is 524 g/mol. The van der Waals surface area contributed by atoms with Gasteiger partial charge in [-0.3, -0.25) is 14.7 Å². The van der Waals surface area contributed by atoms with Crippen LogP contribution in [0.1, 0.15) is 25.3 Å². The van der Waals surface area contributed by atoms with Crippen molar-refractivity contribution in [2.45, 2.75) is 25.2 Å². The fourth-order valence-electron chi connectivity index (χ4n) is 4.38. The van der Waals surface area contributed by atoms with Crippen molar-refractivity contribution in [2.24, 2.45) is 4.99 Å². The molecule has 0 spiro atoms. The topological polar surface area (TPSA) is 60.4 Å². The summed E-state index contributed by atoms with van der Waals surface area (Å²) in [6.45, 7) is 10.1. The number of hydrogen-bond acceptors (Lipinski definition) is 4. The van der Waals surface area contributed by atoms with E-state index >= 15 is 0 Å². The van der Waals surface area contributed by atoms with E-state index in [2.05, 4.69) is 22.0 Å². The molecule has 1 aromatic rings. The van der Waals surface area contributed by atoms with Crippen LogP contribution in [0.25, 0.3) is 0 Å². The van der Waals surface area contributed by atoms with Crippen LogP contribution in [0.2, 0.25) is 0 Å². The zero-order chi connectivity index (χ0) is 21.7. The van der Waals surface area contributed by atoms with E-state index in [0.717, 1.165) is 57.1 Å². The Labute approximate surface area is 207 Å². The highest BCUT2D eigenvalue weighted by Gasteiger charge is 2.44. The van der Waals surface area contributed by atoms with E-state index in [9.17, 15) is 9.18 Å². The predicted octanol–water partition coefficient (Wildman–Crippen LogP) is 1.92. The first-order valence-electron chi connectivity index (χ1n) is 11.5. The Morgan fingerprint density at radius 2 is 1.84 bits per heavy atom. The first kappa shape index (κ1) is 25.2. The Hall–Kier alpha value is -1.46. The summed E-state index contributed by atoms with van der Waals surface area (Å²) in [6.07, 6.45) is 2.10. The standard InChI is InChI=1S/C23H34FN5O2.HI/c1-2-25-22(26-18-23(6-7-23)19-4-3-5-20(24)16-19)29-10-8-27(9-11-29)17-21(30)28-12-14-31-15-13-28;/h3-5,16H,2,6-15,17-18H2,1H3,(H,25,26);1H. The average molecular weight is 559 g/mol. The number of piperazine rings is 1. The van der Waals surface area contributed by atoms with Crippen molar-refractivity contribution in [1.29, 1.82) is 0 Å². The van der Waals surface area contributed by atoms with Gasteiger partial charge in [0.05, 0.1) is 26.3 Å². The first-order chi connectivity index (χ1) is 15.1. The maximum atomic E-state index is 13.7. The van der Waals surface area contributed by atoms with Gasteiger partial charge in [0.2, 0.25) is 5.91 Å². The third-order valence-corrected chi connectivity index (χ3v) is 6.55. The van der Waals surface area contributed by atoms with Crippen LogP contribution in [0.15, 0.2) is 29.3 Å². The number of morpholine rings is 1. The lowest BCUT2D eigenvalue weighted by atomic mass is 9.96. The van der Waals surface area contributed by atoms with Crippen molar-refractivity contribution in [2.75, 3.05) is 72.1 Å². The molecule has 0 atom stereocenters. The number of carbonyl (C=O) groups excluding carboxylic acids is 1. The average Bonchev–Trinajstić information content (AvgIpc) is 3.59. The summed E-state index contributed by atoms with van der Waals surface area (Å²) in [5, 5.41) is 3.42. The van der Waals surface area contributed by atoms with Crippen molar-refractivity contribution < 1.29 is 13.9 Å². The number of rotatable bonds is 6. The molecule has 1 N–H and O–H groups in total. The van der Waals surface area contributed by atoms with E-state index in [4.69, 9.17) is 9.73 Å². The number of aliphatic imine (C=N–C) groups is 1. The maximum absolute atomic E-state index is 13.7. The van der Waals surface area contributed by atoms with Gasteiger partial charge in [0.1, 0.15) is 5.82 Å². The summed E-state index contributed by atoms with van der Waals surface area (Å²) in [5.41, 5.74) is 1.04. The highest BCUT2D eigenvalue weighted by molar-refractivity contribution is 14.0. The number of carbonyl (C=O) groups is 1. The number of halogens is 2. The molecule has 1 amide bonds. The van der Waals surface area contributed by atoms with E-state index in [1.807, 2.05) is 11.0 Å². The van der Waals surface area contributed by atoms with E-state index < -0.39 is 0 Å². The molecule has 1 aliphatic carbocycles. The van der Waals surface area contributed by atoms with Crippen molar-refractivity contribution in [3.63, 3.8) is 0 Å². The largest absolute Gasteiger partial charge is 0.378 e. The zero-order valence-electron chi connectivity index (χ0n) is 18.9. The molecule has 2 heterocycles. The second-order valence-corrected chi connectivity index (χ2v) is 8.72. The molecule has 4 rings (SSSR count). The molecule has 3 fully saturated rings. The summed E-state index contributed by atoms with van der Waals surface area (Å²) in [6, 6.07) is 6.95. The molecule has 0 radical (unpaired) electrons. The highest BCUT2D eigenvalue weighted by atomic mass is 127. The zero-order valence-corrected chi connectivity index (χ0v) is 21.2. The van der Waals surface area contributed by atoms with Gasteiger partial charge in [-0.05, 0) is 37.5 Å². The first-order valence-corrected chi connectivity index (χ1v) is 11.5.